The summed E-state index contributed by atoms with van der Waals surface area (Å²) in [5.41, 5.74) is 1.55. The van der Waals surface area contributed by atoms with Crippen molar-refractivity contribution in [3.63, 3.8) is 0 Å². The second-order valence-corrected chi connectivity index (χ2v) is 7.22. The number of nitrogens with one attached hydrogen (secondary N) is 1. The molecular formula is C13H20N2O4S. The third-order valence-electron chi connectivity index (χ3n) is 3.07. The van der Waals surface area contributed by atoms with Gasteiger partial charge >= 0.3 is 0 Å². The van der Waals surface area contributed by atoms with Crippen LogP contribution in [0.1, 0.15) is 30.5 Å². The molecule has 0 radical (unpaired) electrons. The van der Waals surface area contributed by atoms with Crippen LogP contribution < -0.4 is 5.32 Å². The van der Waals surface area contributed by atoms with Gasteiger partial charge in [0.1, 0.15) is 9.84 Å². The summed E-state index contributed by atoms with van der Waals surface area (Å²) in [4.78, 5) is 10.5. The Bertz CT molecular complexity index is 584. The Hall–Kier alpha value is -1.47. The predicted molar refractivity (Wildman–Crippen MR) is 78.6 cm³/mol. The molecule has 1 aromatic rings. The fourth-order valence-electron chi connectivity index (χ4n) is 1.86. The van der Waals surface area contributed by atoms with Gasteiger partial charge in [0.2, 0.25) is 0 Å². The highest BCUT2D eigenvalue weighted by atomic mass is 32.2. The molecule has 6 nitrogen and oxygen atoms in total. The Kier molecular flexibility index (Phi) is 5.64. The number of nitro benzene ring substituents is 1. The smallest absolute Gasteiger partial charge is 0.272 e. The molecule has 0 saturated heterocycles. The van der Waals surface area contributed by atoms with Gasteiger partial charge in [-0.1, -0.05) is 12.1 Å². The van der Waals surface area contributed by atoms with Crippen molar-refractivity contribution < 1.29 is 13.3 Å². The molecule has 0 spiro atoms. The summed E-state index contributed by atoms with van der Waals surface area (Å²) in [5, 5.41) is 14.1. The van der Waals surface area contributed by atoms with E-state index < -0.39 is 14.8 Å². The van der Waals surface area contributed by atoms with Crippen molar-refractivity contribution in [2.45, 2.75) is 26.3 Å². The van der Waals surface area contributed by atoms with E-state index in [2.05, 4.69) is 5.32 Å². The Balaban J connectivity index is 2.62. The van der Waals surface area contributed by atoms with Crippen molar-refractivity contribution >= 4 is 15.5 Å². The van der Waals surface area contributed by atoms with Crippen LogP contribution in [0.4, 0.5) is 5.69 Å². The number of nitrogens with zero attached hydrogens (tertiary/aromatic N) is 1. The first-order valence-corrected chi connectivity index (χ1v) is 8.43. The first-order chi connectivity index (χ1) is 9.20. The van der Waals surface area contributed by atoms with E-state index in [1.165, 1.54) is 6.26 Å². The molecule has 0 aliphatic heterocycles. The van der Waals surface area contributed by atoms with Crippen molar-refractivity contribution in [1.29, 1.82) is 0 Å². The van der Waals surface area contributed by atoms with E-state index in [4.69, 9.17) is 0 Å². The maximum Gasteiger partial charge on any atom is 0.272 e. The zero-order valence-corrected chi connectivity index (χ0v) is 12.7. The standard InChI is InChI=1S/C13H20N2O4S/c1-10-5-6-12(9-13(10)15(16)17)11(2)14-7-4-8-20(3,18)19/h5-6,9,11,14H,4,7-8H2,1-3H3. The van der Waals surface area contributed by atoms with E-state index in [0.29, 0.717) is 18.5 Å². The molecule has 20 heavy (non-hydrogen) atoms. The van der Waals surface area contributed by atoms with Gasteiger partial charge in [-0.25, -0.2) is 8.42 Å². The van der Waals surface area contributed by atoms with E-state index in [1.807, 2.05) is 13.0 Å². The Morgan fingerprint density at radius 2 is 2.05 bits per heavy atom. The molecule has 0 fully saturated rings. The molecule has 1 rings (SSSR count). The molecule has 112 valence electrons. The lowest BCUT2D eigenvalue weighted by atomic mass is 10.0. The number of hydrogen-bond donors (Lipinski definition) is 1. The number of aryl methyl sites for hydroxylation is 1. The van der Waals surface area contributed by atoms with E-state index in [0.717, 1.165) is 5.56 Å². The second kappa shape index (κ2) is 6.81. The number of benzene rings is 1. The van der Waals surface area contributed by atoms with Gasteiger partial charge in [-0.15, -0.1) is 0 Å². The van der Waals surface area contributed by atoms with Gasteiger partial charge in [-0.2, -0.15) is 0 Å². The summed E-state index contributed by atoms with van der Waals surface area (Å²) in [7, 11) is -2.94. The Morgan fingerprint density at radius 1 is 1.40 bits per heavy atom. The molecule has 7 heteroatoms. The minimum absolute atomic E-state index is 0.0612. The summed E-state index contributed by atoms with van der Waals surface area (Å²) in [6.07, 6.45) is 1.73. The Morgan fingerprint density at radius 3 is 2.60 bits per heavy atom. The van der Waals surface area contributed by atoms with E-state index in [-0.39, 0.29) is 17.5 Å². The minimum Gasteiger partial charge on any atom is -0.310 e. The van der Waals surface area contributed by atoms with Gasteiger partial charge in [-0.05, 0) is 32.4 Å². The fraction of sp³-hybridized carbons (Fsp3) is 0.538. The second-order valence-electron chi connectivity index (χ2n) is 4.96. The van der Waals surface area contributed by atoms with Crippen molar-refractivity contribution in [3.8, 4) is 0 Å². The van der Waals surface area contributed by atoms with Crippen molar-refractivity contribution in [3.05, 3.63) is 39.4 Å². The van der Waals surface area contributed by atoms with Crippen LogP contribution in [0, 0.1) is 17.0 Å². The summed E-state index contributed by atoms with van der Waals surface area (Å²) in [6.45, 7) is 4.15. The van der Waals surface area contributed by atoms with E-state index >= 15 is 0 Å². The highest BCUT2D eigenvalue weighted by Gasteiger charge is 2.14. The third-order valence-corrected chi connectivity index (χ3v) is 4.10. The normalized spacial score (nSPS) is 13.2. The molecule has 0 saturated carbocycles. The maximum atomic E-state index is 11.0. The van der Waals surface area contributed by atoms with Crippen LogP contribution in [0.25, 0.3) is 0 Å². The van der Waals surface area contributed by atoms with Gasteiger partial charge < -0.3 is 5.32 Å². The van der Waals surface area contributed by atoms with Gasteiger partial charge in [0, 0.05) is 23.9 Å². The molecule has 1 aromatic carbocycles. The maximum absolute atomic E-state index is 11.0. The van der Waals surface area contributed by atoms with Crippen LogP contribution in [0.15, 0.2) is 18.2 Å². The largest absolute Gasteiger partial charge is 0.310 e. The van der Waals surface area contributed by atoms with Gasteiger partial charge in [0.25, 0.3) is 5.69 Å². The average molecular weight is 300 g/mol. The summed E-state index contributed by atoms with van der Waals surface area (Å²) in [6, 6.07) is 5.07. The quantitative estimate of drug-likeness (QED) is 0.472. The molecule has 0 amide bonds. The number of hydrogen-bond acceptors (Lipinski definition) is 5. The molecule has 0 heterocycles. The lowest BCUT2D eigenvalue weighted by Crippen LogP contribution is -2.22. The predicted octanol–water partition coefficient (Wildman–Crippen LogP) is 1.99. The van der Waals surface area contributed by atoms with Crippen LogP contribution in [0.5, 0.6) is 0 Å². The SMILES string of the molecule is Cc1ccc(C(C)NCCCS(C)(=O)=O)cc1[N+](=O)[O-]. The highest BCUT2D eigenvalue weighted by Crippen LogP contribution is 2.23. The van der Waals surface area contributed by atoms with Crippen LogP contribution in [0.3, 0.4) is 0 Å². The third kappa shape index (κ3) is 5.26. The van der Waals surface area contributed by atoms with E-state index in [9.17, 15) is 18.5 Å². The molecule has 1 N–H and O–H groups in total. The van der Waals surface area contributed by atoms with Gasteiger partial charge in [-0.3, -0.25) is 10.1 Å². The fourth-order valence-corrected chi connectivity index (χ4v) is 2.53. The van der Waals surface area contributed by atoms with Crippen LogP contribution >= 0.6 is 0 Å². The molecule has 1 atom stereocenters. The number of rotatable bonds is 7. The van der Waals surface area contributed by atoms with Crippen molar-refractivity contribution in [2.24, 2.45) is 0 Å². The monoisotopic (exact) mass is 300 g/mol. The highest BCUT2D eigenvalue weighted by molar-refractivity contribution is 7.90. The van der Waals surface area contributed by atoms with Gasteiger partial charge in [0.05, 0.1) is 10.7 Å². The van der Waals surface area contributed by atoms with E-state index in [1.54, 1.807) is 19.1 Å². The molecular weight excluding hydrogens is 280 g/mol. The summed E-state index contributed by atoms with van der Waals surface area (Å²) in [5.74, 6) is 0.140. The molecule has 0 aliphatic rings. The van der Waals surface area contributed by atoms with Crippen LogP contribution in [0.2, 0.25) is 0 Å². The van der Waals surface area contributed by atoms with Crippen molar-refractivity contribution in [1.82, 2.24) is 5.32 Å². The zero-order chi connectivity index (χ0) is 15.3. The molecule has 1 unspecified atom stereocenters. The lowest BCUT2D eigenvalue weighted by molar-refractivity contribution is -0.385. The first-order valence-electron chi connectivity index (χ1n) is 6.37. The molecule has 0 aromatic heterocycles. The molecule has 0 bridgehead atoms. The zero-order valence-electron chi connectivity index (χ0n) is 11.9. The van der Waals surface area contributed by atoms with Crippen molar-refractivity contribution in [2.75, 3.05) is 18.6 Å². The first kappa shape index (κ1) is 16.6. The minimum atomic E-state index is -2.94. The lowest BCUT2D eigenvalue weighted by Gasteiger charge is -2.14. The summed E-state index contributed by atoms with van der Waals surface area (Å²) >= 11 is 0. The average Bonchev–Trinajstić information content (AvgIpc) is 2.33. The number of sulfone groups is 1. The number of nitro groups is 1. The summed E-state index contributed by atoms with van der Waals surface area (Å²) < 4.78 is 22.0. The van der Waals surface area contributed by atoms with Gasteiger partial charge in [0.15, 0.2) is 0 Å². The topological polar surface area (TPSA) is 89.3 Å². The molecule has 0 aliphatic carbocycles. The Labute approximate surface area is 119 Å². The van der Waals surface area contributed by atoms with Crippen LogP contribution in [-0.2, 0) is 9.84 Å². The van der Waals surface area contributed by atoms with Crippen LogP contribution in [-0.4, -0.2) is 31.9 Å².